The maximum atomic E-state index is 11.1. The number of hydrogen-bond acceptors (Lipinski definition) is 5. The molecular formula is C12H8N4OS. The number of aldehydes is 1. The second-order valence-corrected chi connectivity index (χ2v) is 4.56. The summed E-state index contributed by atoms with van der Waals surface area (Å²) in [6.07, 6.45) is 2.22. The zero-order valence-electron chi connectivity index (χ0n) is 9.20. The molecule has 0 amide bonds. The Morgan fingerprint density at radius 1 is 1.28 bits per heavy atom. The molecule has 1 aromatic carbocycles. The van der Waals surface area contributed by atoms with Gasteiger partial charge in [-0.15, -0.1) is 0 Å². The first-order chi connectivity index (χ1) is 8.86. The van der Waals surface area contributed by atoms with Crippen LogP contribution in [0.4, 0.5) is 0 Å². The van der Waals surface area contributed by atoms with Gasteiger partial charge >= 0.3 is 0 Å². The second kappa shape index (κ2) is 4.58. The third-order valence-corrected chi connectivity index (χ3v) is 3.34. The van der Waals surface area contributed by atoms with Crippen LogP contribution < -0.4 is 0 Å². The van der Waals surface area contributed by atoms with Crippen LogP contribution in [-0.2, 0) is 0 Å². The molecule has 2 aromatic heterocycles. The predicted molar refractivity (Wildman–Crippen MR) is 67.6 cm³/mol. The smallest absolute Gasteiger partial charge is 0.189 e. The normalized spacial score (nSPS) is 10.7. The van der Waals surface area contributed by atoms with E-state index < -0.39 is 0 Å². The van der Waals surface area contributed by atoms with Crippen LogP contribution in [-0.4, -0.2) is 26.5 Å². The van der Waals surface area contributed by atoms with Crippen molar-refractivity contribution in [3.8, 4) is 0 Å². The van der Waals surface area contributed by atoms with E-state index in [-0.39, 0.29) is 0 Å². The molecule has 0 aliphatic carbocycles. The highest BCUT2D eigenvalue weighted by atomic mass is 32.2. The van der Waals surface area contributed by atoms with Crippen molar-refractivity contribution in [1.29, 1.82) is 0 Å². The number of hydrogen-bond donors (Lipinski definition) is 1. The highest BCUT2D eigenvalue weighted by Crippen LogP contribution is 2.27. The van der Waals surface area contributed by atoms with E-state index in [1.54, 1.807) is 0 Å². The minimum Gasteiger partial charge on any atom is -0.298 e. The third-order valence-electron chi connectivity index (χ3n) is 2.43. The summed E-state index contributed by atoms with van der Waals surface area (Å²) >= 11 is 1.29. The number of rotatable bonds is 3. The first-order valence-corrected chi connectivity index (χ1v) is 6.06. The third kappa shape index (κ3) is 1.98. The zero-order chi connectivity index (χ0) is 12.4. The molecule has 0 radical (unpaired) electrons. The summed E-state index contributed by atoms with van der Waals surface area (Å²) in [5.41, 5.74) is 1.40. The standard InChI is InChI=1S/C12H8N4OS/c17-6-9-5-8-3-1-2-4-10(8)15-11(9)18-12-13-7-14-16-12/h1-7H,(H,13,14,16). The summed E-state index contributed by atoms with van der Waals surface area (Å²) < 4.78 is 0. The Hall–Kier alpha value is -2.21. The van der Waals surface area contributed by atoms with E-state index in [9.17, 15) is 4.79 Å². The molecule has 0 saturated carbocycles. The van der Waals surface area contributed by atoms with Gasteiger partial charge in [0.15, 0.2) is 11.4 Å². The number of carbonyl (C=O) groups excluding carboxylic acids is 1. The van der Waals surface area contributed by atoms with Crippen molar-refractivity contribution >= 4 is 29.0 Å². The molecule has 3 rings (SSSR count). The molecule has 0 saturated heterocycles. The molecular weight excluding hydrogens is 248 g/mol. The number of nitrogens with one attached hydrogen (secondary N) is 1. The van der Waals surface area contributed by atoms with Gasteiger partial charge in [0.05, 0.1) is 5.52 Å². The maximum absolute atomic E-state index is 11.1. The van der Waals surface area contributed by atoms with Gasteiger partial charge in [-0.3, -0.25) is 9.89 Å². The molecule has 0 atom stereocenters. The Morgan fingerprint density at radius 2 is 2.17 bits per heavy atom. The van der Waals surface area contributed by atoms with E-state index in [2.05, 4.69) is 20.2 Å². The predicted octanol–water partition coefficient (Wildman–Crippen LogP) is 2.32. The van der Waals surface area contributed by atoms with E-state index in [0.29, 0.717) is 15.7 Å². The Bertz CT molecular complexity index is 696. The molecule has 1 N–H and O–H groups in total. The molecule has 0 spiro atoms. The summed E-state index contributed by atoms with van der Waals surface area (Å²) in [6.45, 7) is 0. The van der Waals surface area contributed by atoms with Crippen molar-refractivity contribution in [1.82, 2.24) is 20.2 Å². The molecule has 3 aromatic rings. The quantitative estimate of drug-likeness (QED) is 0.728. The zero-order valence-corrected chi connectivity index (χ0v) is 10.0. The van der Waals surface area contributed by atoms with Gasteiger partial charge in [-0.1, -0.05) is 18.2 Å². The lowest BCUT2D eigenvalue weighted by atomic mass is 10.2. The monoisotopic (exact) mass is 256 g/mol. The van der Waals surface area contributed by atoms with Crippen molar-refractivity contribution in [3.63, 3.8) is 0 Å². The lowest BCUT2D eigenvalue weighted by Crippen LogP contribution is -1.92. The van der Waals surface area contributed by atoms with Crippen molar-refractivity contribution in [3.05, 3.63) is 42.2 Å². The first-order valence-electron chi connectivity index (χ1n) is 5.25. The van der Waals surface area contributed by atoms with E-state index in [1.165, 1.54) is 18.1 Å². The van der Waals surface area contributed by atoms with Crippen LogP contribution in [0.5, 0.6) is 0 Å². The molecule has 0 aliphatic rings. The Balaban J connectivity index is 2.11. The van der Waals surface area contributed by atoms with E-state index in [0.717, 1.165) is 17.2 Å². The van der Waals surface area contributed by atoms with Crippen LogP contribution in [0.3, 0.4) is 0 Å². The van der Waals surface area contributed by atoms with Crippen LogP contribution in [0, 0.1) is 0 Å². The van der Waals surface area contributed by atoms with Crippen molar-refractivity contribution in [2.75, 3.05) is 0 Å². The number of H-pyrrole nitrogens is 1. The van der Waals surface area contributed by atoms with Gasteiger partial charge in [-0.05, 0) is 23.9 Å². The molecule has 88 valence electrons. The van der Waals surface area contributed by atoms with Gasteiger partial charge in [0.25, 0.3) is 0 Å². The molecule has 0 unspecified atom stereocenters. The summed E-state index contributed by atoms with van der Waals surface area (Å²) in [5.74, 6) is 0. The van der Waals surface area contributed by atoms with E-state index >= 15 is 0 Å². The highest BCUT2D eigenvalue weighted by Gasteiger charge is 2.09. The van der Waals surface area contributed by atoms with Crippen LogP contribution in [0.15, 0.2) is 46.8 Å². The fraction of sp³-hybridized carbons (Fsp3) is 0. The Morgan fingerprint density at radius 3 is 2.94 bits per heavy atom. The number of para-hydroxylation sites is 1. The molecule has 0 aliphatic heterocycles. The molecule has 6 heteroatoms. The summed E-state index contributed by atoms with van der Waals surface area (Å²) in [7, 11) is 0. The van der Waals surface area contributed by atoms with Crippen molar-refractivity contribution < 1.29 is 4.79 Å². The molecule has 2 heterocycles. The molecule has 18 heavy (non-hydrogen) atoms. The molecule has 0 fully saturated rings. The number of pyridine rings is 1. The minimum absolute atomic E-state index is 0.551. The number of carbonyl (C=O) groups is 1. The van der Waals surface area contributed by atoms with Crippen LogP contribution in [0.1, 0.15) is 10.4 Å². The second-order valence-electron chi connectivity index (χ2n) is 3.59. The number of benzene rings is 1. The highest BCUT2D eigenvalue weighted by molar-refractivity contribution is 7.99. The van der Waals surface area contributed by atoms with E-state index in [1.807, 2.05) is 30.3 Å². The fourth-order valence-electron chi connectivity index (χ4n) is 1.62. The largest absolute Gasteiger partial charge is 0.298 e. The summed E-state index contributed by atoms with van der Waals surface area (Å²) in [4.78, 5) is 19.6. The fourth-order valence-corrected chi connectivity index (χ4v) is 2.37. The topological polar surface area (TPSA) is 71.5 Å². The molecule has 0 bridgehead atoms. The average molecular weight is 256 g/mol. The van der Waals surface area contributed by atoms with Crippen LogP contribution >= 0.6 is 11.8 Å². The number of aromatic nitrogens is 4. The first kappa shape index (κ1) is 10.9. The van der Waals surface area contributed by atoms with Gasteiger partial charge in [0, 0.05) is 10.9 Å². The van der Waals surface area contributed by atoms with Crippen molar-refractivity contribution in [2.45, 2.75) is 10.2 Å². The van der Waals surface area contributed by atoms with Crippen LogP contribution in [0.25, 0.3) is 10.9 Å². The Labute approximate surface area is 107 Å². The Kier molecular flexibility index (Phi) is 2.77. The van der Waals surface area contributed by atoms with Gasteiger partial charge in [0.2, 0.25) is 0 Å². The number of nitrogens with zero attached hydrogens (tertiary/aromatic N) is 3. The summed E-state index contributed by atoms with van der Waals surface area (Å²) in [5, 5.41) is 8.68. The van der Waals surface area contributed by atoms with Gasteiger partial charge < -0.3 is 0 Å². The van der Waals surface area contributed by atoms with Gasteiger partial charge in [-0.2, -0.15) is 5.10 Å². The number of aromatic amines is 1. The summed E-state index contributed by atoms with van der Waals surface area (Å²) in [6, 6.07) is 9.50. The maximum Gasteiger partial charge on any atom is 0.189 e. The van der Waals surface area contributed by atoms with E-state index in [4.69, 9.17) is 0 Å². The minimum atomic E-state index is 0.551. The average Bonchev–Trinajstić information content (AvgIpc) is 2.91. The molecule has 5 nitrogen and oxygen atoms in total. The van der Waals surface area contributed by atoms with Gasteiger partial charge in [0.1, 0.15) is 11.4 Å². The van der Waals surface area contributed by atoms with Crippen molar-refractivity contribution in [2.24, 2.45) is 0 Å². The lowest BCUT2D eigenvalue weighted by Gasteiger charge is -2.04. The van der Waals surface area contributed by atoms with Crippen LogP contribution in [0.2, 0.25) is 0 Å². The van der Waals surface area contributed by atoms with Gasteiger partial charge in [-0.25, -0.2) is 9.97 Å². The lowest BCUT2D eigenvalue weighted by molar-refractivity contribution is 0.112. The number of fused-ring (bicyclic) bond motifs is 1. The SMILES string of the molecule is O=Cc1cc2ccccc2nc1Sc1ncn[nH]1.